The SMILES string of the molecule is CCN(C(=O)NCCCC(F)(F)F)/C(=C/Nc1cccnc1)C(=N)Cl. The van der Waals surface area contributed by atoms with Gasteiger partial charge in [-0.2, -0.15) is 13.2 Å². The molecular weight excluding hydrogens is 359 g/mol. The summed E-state index contributed by atoms with van der Waals surface area (Å²) in [6.07, 6.45) is -0.961. The first kappa shape index (κ1) is 20.8. The van der Waals surface area contributed by atoms with Crippen LogP contribution in [-0.2, 0) is 0 Å². The normalized spacial score (nSPS) is 11.8. The third-order valence-electron chi connectivity index (χ3n) is 3.03. The highest BCUT2D eigenvalue weighted by atomic mass is 35.5. The molecule has 0 bridgehead atoms. The molecule has 0 aliphatic rings. The molecule has 138 valence electrons. The molecule has 1 aromatic rings. The lowest BCUT2D eigenvalue weighted by Gasteiger charge is -2.23. The molecule has 2 amide bonds. The van der Waals surface area contributed by atoms with Crippen LogP contribution in [0.4, 0.5) is 23.7 Å². The second kappa shape index (κ2) is 9.87. The van der Waals surface area contributed by atoms with E-state index in [1.54, 1.807) is 31.5 Å². The quantitative estimate of drug-likeness (QED) is 0.474. The van der Waals surface area contributed by atoms with Crippen molar-refractivity contribution in [3.05, 3.63) is 36.4 Å². The molecule has 6 nitrogen and oxygen atoms in total. The van der Waals surface area contributed by atoms with Gasteiger partial charge in [-0.15, -0.1) is 0 Å². The molecular formula is C15H19ClF3N5O. The summed E-state index contributed by atoms with van der Waals surface area (Å²) in [5.74, 6) is 0. The highest BCUT2D eigenvalue weighted by molar-refractivity contribution is 6.68. The van der Waals surface area contributed by atoms with Crippen molar-refractivity contribution in [1.29, 1.82) is 5.41 Å². The summed E-state index contributed by atoms with van der Waals surface area (Å²) in [4.78, 5) is 17.2. The van der Waals surface area contributed by atoms with E-state index in [9.17, 15) is 18.0 Å². The highest BCUT2D eigenvalue weighted by Crippen LogP contribution is 2.20. The zero-order chi connectivity index (χ0) is 18.9. The van der Waals surface area contributed by atoms with E-state index < -0.39 is 18.6 Å². The molecule has 0 atom stereocenters. The van der Waals surface area contributed by atoms with E-state index in [0.29, 0.717) is 5.69 Å². The Morgan fingerprint density at radius 1 is 1.48 bits per heavy atom. The number of carbonyl (C=O) groups is 1. The van der Waals surface area contributed by atoms with Gasteiger partial charge in [-0.3, -0.25) is 15.3 Å². The number of rotatable bonds is 8. The minimum atomic E-state index is -4.26. The van der Waals surface area contributed by atoms with Crippen molar-refractivity contribution in [3.8, 4) is 0 Å². The Balaban J connectivity index is 2.71. The summed E-state index contributed by atoms with van der Waals surface area (Å²) in [5.41, 5.74) is 0.709. The van der Waals surface area contributed by atoms with Gasteiger partial charge >= 0.3 is 12.2 Å². The maximum Gasteiger partial charge on any atom is 0.389 e. The fraction of sp³-hybridized carbons (Fsp3) is 0.400. The van der Waals surface area contributed by atoms with Crippen LogP contribution >= 0.6 is 11.6 Å². The Bertz CT molecular complexity index is 607. The molecule has 1 rings (SSSR count). The number of anilines is 1. The van der Waals surface area contributed by atoms with Gasteiger partial charge in [0.15, 0.2) is 0 Å². The Kier molecular flexibility index (Phi) is 8.20. The lowest BCUT2D eigenvalue weighted by molar-refractivity contribution is -0.135. The molecule has 0 aliphatic heterocycles. The average molecular weight is 378 g/mol. The number of urea groups is 1. The summed E-state index contributed by atoms with van der Waals surface area (Å²) < 4.78 is 36.3. The molecule has 0 spiro atoms. The number of alkyl halides is 3. The van der Waals surface area contributed by atoms with Gasteiger partial charge in [0.25, 0.3) is 0 Å². The Hall–Kier alpha value is -2.29. The van der Waals surface area contributed by atoms with Crippen LogP contribution < -0.4 is 10.6 Å². The van der Waals surface area contributed by atoms with Crippen molar-refractivity contribution in [2.45, 2.75) is 25.9 Å². The summed E-state index contributed by atoms with van der Waals surface area (Å²) in [6, 6.07) is 2.80. The lowest BCUT2D eigenvalue weighted by atomic mass is 10.3. The molecule has 1 heterocycles. The van der Waals surface area contributed by atoms with E-state index in [0.717, 1.165) is 4.90 Å². The summed E-state index contributed by atoms with van der Waals surface area (Å²) in [5, 5.41) is 12.5. The van der Waals surface area contributed by atoms with Crippen LogP contribution in [0.2, 0.25) is 0 Å². The van der Waals surface area contributed by atoms with Gasteiger partial charge in [0.05, 0.1) is 17.6 Å². The van der Waals surface area contributed by atoms with Crippen molar-refractivity contribution in [1.82, 2.24) is 15.2 Å². The first-order valence-electron chi connectivity index (χ1n) is 7.48. The predicted molar refractivity (Wildman–Crippen MR) is 90.6 cm³/mol. The van der Waals surface area contributed by atoms with Crippen molar-refractivity contribution in [2.24, 2.45) is 0 Å². The second-order valence-corrected chi connectivity index (χ2v) is 5.30. The molecule has 0 unspecified atom stereocenters. The standard InChI is InChI=1S/C15H19ClF3N5O/c1-2-24(14(25)22-8-4-6-15(17,18)19)12(13(16)20)10-23-11-5-3-7-21-9-11/h3,5,7,9-10,20,23H,2,4,6,8H2,1H3,(H,22,25)/b12-10+,20-13?. The first-order valence-corrected chi connectivity index (χ1v) is 7.85. The number of amides is 2. The molecule has 10 heteroatoms. The van der Waals surface area contributed by atoms with Crippen molar-refractivity contribution in [2.75, 3.05) is 18.4 Å². The van der Waals surface area contributed by atoms with Crippen LogP contribution in [0.3, 0.4) is 0 Å². The lowest BCUT2D eigenvalue weighted by Crippen LogP contribution is -2.41. The van der Waals surface area contributed by atoms with Gasteiger partial charge in [-0.1, -0.05) is 11.6 Å². The van der Waals surface area contributed by atoms with Crippen LogP contribution in [0, 0.1) is 5.41 Å². The summed E-state index contributed by atoms with van der Waals surface area (Å²) in [6.45, 7) is 1.71. The second-order valence-electron chi connectivity index (χ2n) is 4.92. The van der Waals surface area contributed by atoms with Crippen molar-refractivity contribution >= 4 is 28.5 Å². The minimum absolute atomic E-state index is 0.0846. The Morgan fingerprint density at radius 3 is 2.72 bits per heavy atom. The summed E-state index contributed by atoms with van der Waals surface area (Å²) >= 11 is 5.74. The fourth-order valence-corrected chi connectivity index (χ4v) is 2.02. The molecule has 0 radical (unpaired) electrons. The van der Waals surface area contributed by atoms with Crippen LogP contribution in [0.15, 0.2) is 36.4 Å². The van der Waals surface area contributed by atoms with E-state index in [4.69, 9.17) is 17.0 Å². The van der Waals surface area contributed by atoms with Crippen molar-refractivity contribution in [3.63, 3.8) is 0 Å². The number of aromatic nitrogens is 1. The largest absolute Gasteiger partial charge is 0.389 e. The number of carbonyl (C=O) groups excluding carboxylic acids is 1. The third kappa shape index (κ3) is 7.88. The number of hydrogen-bond donors (Lipinski definition) is 3. The molecule has 1 aromatic heterocycles. The first-order chi connectivity index (χ1) is 11.7. The maximum atomic E-state index is 12.2. The van der Waals surface area contributed by atoms with E-state index in [1.165, 1.54) is 6.20 Å². The van der Waals surface area contributed by atoms with Crippen LogP contribution in [0.25, 0.3) is 0 Å². The Labute approximate surface area is 148 Å². The van der Waals surface area contributed by atoms with E-state index in [-0.39, 0.29) is 30.4 Å². The van der Waals surface area contributed by atoms with Gasteiger partial charge < -0.3 is 10.6 Å². The van der Waals surface area contributed by atoms with Gasteiger partial charge in [0, 0.05) is 31.9 Å². The zero-order valence-corrected chi connectivity index (χ0v) is 14.3. The van der Waals surface area contributed by atoms with Crippen LogP contribution in [0.1, 0.15) is 19.8 Å². The van der Waals surface area contributed by atoms with E-state index in [1.807, 2.05) is 0 Å². The molecule has 0 aliphatic carbocycles. The van der Waals surface area contributed by atoms with Crippen molar-refractivity contribution < 1.29 is 18.0 Å². The maximum absolute atomic E-state index is 12.2. The third-order valence-corrected chi connectivity index (χ3v) is 3.22. The van der Waals surface area contributed by atoms with Crippen LogP contribution in [-0.4, -0.2) is 40.4 Å². The van der Waals surface area contributed by atoms with Crippen LogP contribution in [0.5, 0.6) is 0 Å². The fourth-order valence-electron chi connectivity index (χ4n) is 1.86. The van der Waals surface area contributed by atoms with Gasteiger partial charge in [0.1, 0.15) is 5.17 Å². The smallest absolute Gasteiger partial charge is 0.358 e. The number of hydrogen-bond acceptors (Lipinski definition) is 4. The molecule has 0 aromatic carbocycles. The monoisotopic (exact) mass is 377 g/mol. The highest BCUT2D eigenvalue weighted by Gasteiger charge is 2.26. The predicted octanol–water partition coefficient (Wildman–Crippen LogP) is 3.92. The number of nitrogens with zero attached hydrogens (tertiary/aromatic N) is 2. The van der Waals surface area contributed by atoms with Gasteiger partial charge in [0.2, 0.25) is 0 Å². The number of allylic oxidation sites excluding steroid dienone is 1. The minimum Gasteiger partial charge on any atom is -0.358 e. The van der Waals surface area contributed by atoms with E-state index >= 15 is 0 Å². The molecule has 3 N–H and O–H groups in total. The topological polar surface area (TPSA) is 81.1 Å². The van der Waals surface area contributed by atoms with E-state index in [2.05, 4.69) is 15.6 Å². The van der Waals surface area contributed by atoms with Gasteiger partial charge in [-0.05, 0) is 25.5 Å². The summed E-state index contributed by atoms with van der Waals surface area (Å²) in [7, 11) is 0. The molecule has 0 saturated carbocycles. The number of halogens is 4. The van der Waals surface area contributed by atoms with Gasteiger partial charge in [-0.25, -0.2) is 4.79 Å². The average Bonchev–Trinajstić information content (AvgIpc) is 2.55. The zero-order valence-electron chi connectivity index (χ0n) is 13.5. The molecule has 0 fully saturated rings. The number of nitrogens with one attached hydrogen (secondary N) is 3. The molecule has 0 saturated heterocycles. The Morgan fingerprint density at radius 2 is 2.20 bits per heavy atom. The molecule has 25 heavy (non-hydrogen) atoms. The number of pyridine rings is 1.